The Balaban J connectivity index is 2.50. The lowest BCUT2D eigenvalue weighted by Crippen LogP contribution is -2.36. The highest BCUT2D eigenvalue weighted by atomic mass is 19.4. The summed E-state index contributed by atoms with van der Waals surface area (Å²) >= 11 is 0. The van der Waals surface area contributed by atoms with Crippen LogP contribution in [0.3, 0.4) is 0 Å². The lowest BCUT2D eigenvalue weighted by Gasteiger charge is -2.22. The van der Waals surface area contributed by atoms with Crippen molar-refractivity contribution in [2.45, 2.75) is 25.4 Å². The van der Waals surface area contributed by atoms with Crippen LogP contribution in [0.5, 0.6) is 0 Å². The molecule has 1 fully saturated rings. The molecule has 0 spiro atoms. The first-order chi connectivity index (χ1) is 12.5. The maximum atomic E-state index is 12.8. The fourth-order valence-corrected chi connectivity index (χ4v) is 2.78. The molecule has 0 heterocycles. The number of nitro groups is 1. The van der Waals surface area contributed by atoms with E-state index < -0.39 is 57.9 Å². The number of hydrogen-bond donors (Lipinski definition) is 1. The van der Waals surface area contributed by atoms with Crippen LogP contribution in [0.15, 0.2) is 23.2 Å². The molecule has 0 aliphatic heterocycles. The number of halogens is 3. The lowest BCUT2D eigenvalue weighted by molar-refractivity contribution is -0.385. The zero-order chi connectivity index (χ0) is 20.4. The van der Waals surface area contributed by atoms with E-state index in [-0.39, 0.29) is 24.6 Å². The molecule has 144 valence electrons. The third-order valence-electron chi connectivity index (χ3n) is 3.98. The molecule has 1 aromatic carbocycles. The van der Waals surface area contributed by atoms with E-state index in [0.29, 0.717) is 18.6 Å². The molecule has 0 amide bonds. The third-order valence-corrected chi connectivity index (χ3v) is 3.98. The number of ketones is 2. The number of alkyl halides is 3. The number of carboxylic acids is 1. The van der Waals surface area contributed by atoms with Crippen molar-refractivity contribution in [3.8, 4) is 0 Å². The van der Waals surface area contributed by atoms with Gasteiger partial charge in [-0.2, -0.15) is 13.2 Å². The van der Waals surface area contributed by atoms with Crippen LogP contribution in [0.25, 0.3) is 0 Å². The predicted molar refractivity (Wildman–Crippen MR) is 84.7 cm³/mol. The molecule has 0 saturated heterocycles. The Kier molecular flexibility index (Phi) is 5.72. The Morgan fingerprint density at radius 3 is 2.52 bits per heavy atom. The van der Waals surface area contributed by atoms with Crippen molar-refractivity contribution >= 4 is 28.9 Å². The van der Waals surface area contributed by atoms with Crippen molar-refractivity contribution in [2.75, 3.05) is 6.54 Å². The van der Waals surface area contributed by atoms with Gasteiger partial charge in [-0.05, 0) is 25.0 Å². The van der Waals surface area contributed by atoms with Crippen molar-refractivity contribution < 1.29 is 37.6 Å². The maximum Gasteiger partial charge on any atom is 0.416 e. The van der Waals surface area contributed by atoms with Gasteiger partial charge in [0.1, 0.15) is 18.2 Å². The standard InChI is InChI=1S/C16H13F3N2O6/c17-16(18,19)8-4-5-9(11(6-8)21(26)27)15(25)14-10(20-7-13(23)24)2-1-3-12(14)22/h4-6,14H,1-3,7H2,(H,23,24). The van der Waals surface area contributed by atoms with Crippen LogP contribution in [0.1, 0.15) is 35.2 Å². The van der Waals surface area contributed by atoms with Gasteiger partial charge in [-0.25, -0.2) is 0 Å². The summed E-state index contributed by atoms with van der Waals surface area (Å²) < 4.78 is 38.3. The van der Waals surface area contributed by atoms with E-state index >= 15 is 0 Å². The van der Waals surface area contributed by atoms with Crippen molar-refractivity contribution in [3.63, 3.8) is 0 Å². The molecular weight excluding hydrogens is 373 g/mol. The number of carbonyl (C=O) groups is 3. The number of aliphatic imine (C=N–C) groups is 1. The number of Topliss-reactive ketones (excluding diaryl/α,β-unsaturated/α-hetero) is 2. The van der Waals surface area contributed by atoms with Gasteiger partial charge >= 0.3 is 12.1 Å². The molecule has 1 N–H and O–H groups in total. The zero-order valence-electron chi connectivity index (χ0n) is 13.7. The first-order valence-corrected chi connectivity index (χ1v) is 7.70. The van der Waals surface area contributed by atoms with Crippen LogP contribution < -0.4 is 0 Å². The van der Waals surface area contributed by atoms with E-state index in [1.165, 1.54) is 0 Å². The Labute approximate surface area is 149 Å². The molecule has 1 aliphatic carbocycles. The number of rotatable bonds is 5. The van der Waals surface area contributed by atoms with Gasteiger partial charge in [0.15, 0.2) is 5.78 Å². The first kappa shape index (κ1) is 20.2. The summed E-state index contributed by atoms with van der Waals surface area (Å²) in [4.78, 5) is 49.3. The van der Waals surface area contributed by atoms with Crippen LogP contribution in [0.4, 0.5) is 18.9 Å². The van der Waals surface area contributed by atoms with E-state index in [1.54, 1.807) is 0 Å². The molecular formula is C16H13F3N2O6. The SMILES string of the molecule is O=C(O)CN=C1CCCC(=O)C1C(=O)c1ccc(C(F)(F)F)cc1[N+](=O)[O-]. The van der Waals surface area contributed by atoms with E-state index in [1.807, 2.05) is 0 Å². The molecule has 2 rings (SSSR count). The number of aliphatic carboxylic acids is 1. The average Bonchev–Trinajstić information content (AvgIpc) is 2.58. The molecule has 0 radical (unpaired) electrons. The van der Waals surface area contributed by atoms with E-state index in [9.17, 15) is 37.7 Å². The van der Waals surface area contributed by atoms with Gasteiger partial charge in [0.05, 0.1) is 16.1 Å². The first-order valence-electron chi connectivity index (χ1n) is 7.70. The molecule has 1 aliphatic rings. The highest BCUT2D eigenvalue weighted by Crippen LogP contribution is 2.34. The quantitative estimate of drug-likeness (QED) is 0.359. The minimum Gasteiger partial charge on any atom is -0.480 e. The number of hydrogen-bond acceptors (Lipinski definition) is 6. The van der Waals surface area contributed by atoms with E-state index in [2.05, 4.69) is 4.99 Å². The summed E-state index contributed by atoms with van der Waals surface area (Å²) in [6.45, 7) is -0.693. The summed E-state index contributed by atoms with van der Waals surface area (Å²) in [6, 6.07) is 1.40. The highest BCUT2D eigenvalue weighted by Gasteiger charge is 2.39. The highest BCUT2D eigenvalue weighted by molar-refractivity contribution is 6.27. The molecule has 27 heavy (non-hydrogen) atoms. The molecule has 8 nitrogen and oxygen atoms in total. The second-order valence-corrected chi connectivity index (χ2v) is 5.81. The van der Waals surface area contributed by atoms with Crippen LogP contribution in [0, 0.1) is 16.0 Å². The van der Waals surface area contributed by atoms with Crippen LogP contribution >= 0.6 is 0 Å². The molecule has 11 heteroatoms. The smallest absolute Gasteiger partial charge is 0.416 e. The van der Waals surface area contributed by atoms with Gasteiger partial charge in [0, 0.05) is 18.2 Å². The van der Waals surface area contributed by atoms with E-state index in [0.717, 1.165) is 0 Å². The minimum atomic E-state index is -4.85. The maximum absolute atomic E-state index is 12.8. The van der Waals surface area contributed by atoms with Crippen molar-refractivity contribution in [1.29, 1.82) is 0 Å². The number of nitrogens with zero attached hydrogens (tertiary/aromatic N) is 2. The minimum absolute atomic E-state index is 0.0169. The number of nitro benzene ring substituents is 1. The van der Waals surface area contributed by atoms with Crippen molar-refractivity contribution in [2.24, 2.45) is 10.9 Å². The summed E-state index contributed by atoms with van der Waals surface area (Å²) in [5.74, 6) is -4.50. The van der Waals surface area contributed by atoms with Gasteiger partial charge < -0.3 is 5.11 Å². The molecule has 1 unspecified atom stereocenters. The van der Waals surface area contributed by atoms with Crippen LogP contribution in [-0.4, -0.2) is 39.8 Å². The predicted octanol–water partition coefficient (Wildman–Crippen LogP) is 2.69. The Hall–Kier alpha value is -3.11. The van der Waals surface area contributed by atoms with Crippen molar-refractivity contribution in [3.05, 3.63) is 39.4 Å². The molecule has 0 aromatic heterocycles. The number of carbonyl (C=O) groups excluding carboxylic acids is 2. The van der Waals surface area contributed by atoms with Crippen molar-refractivity contribution in [1.82, 2.24) is 0 Å². The second kappa shape index (κ2) is 7.64. The Morgan fingerprint density at radius 1 is 1.30 bits per heavy atom. The van der Waals surface area contributed by atoms with Gasteiger partial charge in [0.25, 0.3) is 5.69 Å². The second-order valence-electron chi connectivity index (χ2n) is 5.81. The summed E-state index contributed by atoms with van der Waals surface area (Å²) in [7, 11) is 0. The Morgan fingerprint density at radius 2 is 1.96 bits per heavy atom. The zero-order valence-corrected chi connectivity index (χ0v) is 13.7. The fraction of sp³-hybridized carbons (Fsp3) is 0.375. The van der Waals surface area contributed by atoms with Crippen LogP contribution in [0.2, 0.25) is 0 Å². The Bertz CT molecular complexity index is 847. The summed E-state index contributed by atoms with van der Waals surface area (Å²) in [5.41, 5.74) is -3.07. The average molecular weight is 386 g/mol. The topological polar surface area (TPSA) is 127 Å². The van der Waals surface area contributed by atoms with Gasteiger partial charge in [-0.3, -0.25) is 29.5 Å². The molecule has 1 aromatic rings. The summed E-state index contributed by atoms with van der Waals surface area (Å²) in [6.07, 6.45) is -4.39. The monoisotopic (exact) mass is 386 g/mol. The largest absolute Gasteiger partial charge is 0.480 e. The lowest BCUT2D eigenvalue weighted by atomic mass is 9.80. The number of carboxylic acid groups (broad SMARTS) is 1. The van der Waals surface area contributed by atoms with E-state index in [4.69, 9.17) is 5.11 Å². The third kappa shape index (κ3) is 4.54. The van der Waals surface area contributed by atoms with Crippen LogP contribution in [-0.2, 0) is 15.8 Å². The van der Waals surface area contributed by atoms with Gasteiger partial charge in [-0.1, -0.05) is 0 Å². The normalized spacial score (nSPS) is 19.1. The van der Waals surface area contributed by atoms with Gasteiger partial charge in [-0.15, -0.1) is 0 Å². The molecule has 1 saturated carbocycles. The molecule has 1 atom stereocenters. The van der Waals surface area contributed by atoms with Gasteiger partial charge in [0.2, 0.25) is 0 Å². The summed E-state index contributed by atoms with van der Waals surface area (Å²) in [5, 5.41) is 19.9. The fourth-order valence-electron chi connectivity index (χ4n) is 2.78. The molecule has 0 bridgehead atoms. The number of benzene rings is 1.